The van der Waals surface area contributed by atoms with Gasteiger partial charge >= 0.3 is 0 Å². The first-order valence-electron chi connectivity index (χ1n) is 3.27. The van der Waals surface area contributed by atoms with Crippen molar-refractivity contribution in [1.82, 2.24) is 0 Å². The second kappa shape index (κ2) is 5.03. The fourth-order valence-corrected chi connectivity index (χ4v) is 0.599. The number of aliphatic hydroxyl groups excluding tert-OH is 5. The lowest BCUT2D eigenvalue weighted by Gasteiger charge is -2.21. The third-order valence-electron chi connectivity index (χ3n) is 1.39. The van der Waals surface area contributed by atoms with Crippen LogP contribution in [0.2, 0.25) is 0 Å². The Kier molecular flexibility index (Phi) is 4.73. The minimum atomic E-state index is -1.78. The lowest BCUT2D eigenvalue weighted by atomic mass is 10.0. The van der Waals surface area contributed by atoms with Crippen molar-refractivity contribution >= 4 is 0 Å². The topological polar surface area (TPSA) is 125 Å². The number of hydrogen-bond acceptors (Lipinski definition) is 6. The molecular formula is C6H11NO5. The van der Waals surface area contributed by atoms with Gasteiger partial charge in [-0.25, -0.2) is 0 Å². The maximum absolute atomic E-state index is 8.92. The SMILES string of the molecule is N#C[C@H](O)[C@H](O)[C@H](O)[C@H](O)CO. The van der Waals surface area contributed by atoms with E-state index in [1.54, 1.807) is 0 Å². The van der Waals surface area contributed by atoms with Gasteiger partial charge < -0.3 is 25.5 Å². The lowest BCUT2D eigenvalue weighted by Crippen LogP contribution is -2.45. The molecule has 5 N–H and O–H groups in total. The van der Waals surface area contributed by atoms with Crippen LogP contribution in [0.25, 0.3) is 0 Å². The van der Waals surface area contributed by atoms with E-state index in [9.17, 15) is 0 Å². The maximum atomic E-state index is 8.92. The second-order valence-corrected chi connectivity index (χ2v) is 2.31. The van der Waals surface area contributed by atoms with E-state index in [1.807, 2.05) is 0 Å². The Hall–Kier alpha value is -0.710. The summed E-state index contributed by atoms with van der Waals surface area (Å²) in [6, 6.07) is 1.28. The molecule has 70 valence electrons. The van der Waals surface area contributed by atoms with Gasteiger partial charge in [0.2, 0.25) is 0 Å². The first-order chi connectivity index (χ1) is 5.54. The van der Waals surface area contributed by atoms with E-state index in [2.05, 4.69) is 0 Å². The molecule has 0 radical (unpaired) electrons. The summed E-state index contributed by atoms with van der Waals surface area (Å²) in [4.78, 5) is 0. The molecule has 0 fully saturated rings. The standard InChI is InChI=1S/C6H11NO5/c7-1-3(9)5(11)6(12)4(10)2-8/h3-6,8-12H,2H2/t3-,4+,5-,6+/m0/s1. The van der Waals surface area contributed by atoms with E-state index in [0.29, 0.717) is 0 Å². The smallest absolute Gasteiger partial charge is 0.168 e. The van der Waals surface area contributed by atoms with Crippen LogP contribution in [0.4, 0.5) is 0 Å². The molecule has 0 aromatic heterocycles. The number of nitrogens with zero attached hydrogens (tertiary/aromatic N) is 1. The monoisotopic (exact) mass is 177 g/mol. The van der Waals surface area contributed by atoms with Crippen LogP contribution in [0.1, 0.15) is 0 Å². The maximum Gasteiger partial charge on any atom is 0.168 e. The van der Waals surface area contributed by atoms with Crippen molar-refractivity contribution in [2.45, 2.75) is 24.4 Å². The van der Waals surface area contributed by atoms with Crippen LogP contribution in [0.15, 0.2) is 0 Å². The van der Waals surface area contributed by atoms with Crippen molar-refractivity contribution in [2.75, 3.05) is 6.61 Å². The van der Waals surface area contributed by atoms with Crippen molar-refractivity contribution in [3.05, 3.63) is 0 Å². The second-order valence-electron chi connectivity index (χ2n) is 2.31. The summed E-state index contributed by atoms with van der Waals surface area (Å²) < 4.78 is 0. The van der Waals surface area contributed by atoms with E-state index < -0.39 is 31.0 Å². The van der Waals surface area contributed by atoms with E-state index in [0.717, 1.165) is 0 Å². The van der Waals surface area contributed by atoms with Gasteiger partial charge in [-0.05, 0) is 0 Å². The Morgan fingerprint density at radius 3 is 1.92 bits per heavy atom. The zero-order valence-corrected chi connectivity index (χ0v) is 6.20. The molecule has 0 aliphatic carbocycles. The van der Waals surface area contributed by atoms with Crippen LogP contribution in [0.3, 0.4) is 0 Å². The van der Waals surface area contributed by atoms with Gasteiger partial charge in [-0.2, -0.15) is 5.26 Å². The predicted molar refractivity (Wildman–Crippen MR) is 36.7 cm³/mol. The highest BCUT2D eigenvalue weighted by molar-refractivity contribution is 4.93. The Labute approximate surface area is 68.9 Å². The molecule has 6 heteroatoms. The van der Waals surface area contributed by atoms with E-state index in [4.69, 9.17) is 30.8 Å². The molecule has 0 aromatic rings. The summed E-state index contributed by atoms with van der Waals surface area (Å²) in [5.41, 5.74) is 0. The van der Waals surface area contributed by atoms with Gasteiger partial charge in [0.25, 0.3) is 0 Å². The fraction of sp³-hybridized carbons (Fsp3) is 0.833. The molecule has 0 aromatic carbocycles. The van der Waals surface area contributed by atoms with Crippen LogP contribution in [-0.4, -0.2) is 56.6 Å². The van der Waals surface area contributed by atoms with Crippen LogP contribution >= 0.6 is 0 Å². The molecule has 4 atom stereocenters. The largest absolute Gasteiger partial charge is 0.394 e. The van der Waals surface area contributed by atoms with Crippen molar-refractivity contribution in [3.8, 4) is 6.07 Å². The van der Waals surface area contributed by atoms with Crippen molar-refractivity contribution in [1.29, 1.82) is 5.26 Å². The summed E-state index contributed by atoms with van der Waals surface area (Å²) in [6.07, 6.45) is -6.86. The Bertz CT molecular complexity index is 168. The quantitative estimate of drug-likeness (QED) is 0.290. The van der Waals surface area contributed by atoms with E-state index >= 15 is 0 Å². The Morgan fingerprint density at radius 2 is 1.58 bits per heavy atom. The Balaban J connectivity index is 4.10. The van der Waals surface area contributed by atoms with Gasteiger partial charge in [0.05, 0.1) is 12.7 Å². The number of hydrogen-bond donors (Lipinski definition) is 5. The summed E-state index contributed by atoms with van der Waals surface area (Å²) >= 11 is 0. The average Bonchev–Trinajstić information content (AvgIpc) is 2.12. The highest BCUT2D eigenvalue weighted by Gasteiger charge is 2.29. The molecule has 0 aliphatic heterocycles. The Morgan fingerprint density at radius 1 is 1.08 bits per heavy atom. The van der Waals surface area contributed by atoms with Gasteiger partial charge in [0.15, 0.2) is 6.10 Å². The summed E-state index contributed by atoms with van der Waals surface area (Å²) in [5, 5.41) is 51.7. The fourth-order valence-electron chi connectivity index (χ4n) is 0.599. The average molecular weight is 177 g/mol. The molecule has 0 rings (SSSR count). The molecule has 0 bridgehead atoms. The molecule has 0 heterocycles. The molecule has 6 nitrogen and oxygen atoms in total. The van der Waals surface area contributed by atoms with Gasteiger partial charge in [-0.15, -0.1) is 0 Å². The predicted octanol–water partition coefficient (Wildman–Crippen LogP) is -3.05. The van der Waals surface area contributed by atoms with Gasteiger partial charge in [0.1, 0.15) is 18.3 Å². The molecule has 0 unspecified atom stereocenters. The van der Waals surface area contributed by atoms with Crippen LogP contribution in [0, 0.1) is 11.3 Å². The molecular weight excluding hydrogens is 166 g/mol. The minimum absolute atomic E-state index is 0.754. The number of rotatable bonds is 4. The zero-order valence-electron chi connectivity index (χ0n) is 6.20. The summed E-state index contributed by atoms with van der Waals surface area (Å²) in [7, 11) is 0. The van der Waals surface area contributed by atoms with E-state index in [1.165, 1.54) is 6.07 Å². The molecule has 0 saturated carbocycles. The summed E-state index contributed by atoms with van der Waals surface area (Å²) in [5.74, 6) is 0. The number of nitriles is 1. The van der Waals surface area contributed by atoms with E-state index in [-0.39, 0.29) is 0 Å². The molecule has 0 amide bonds. The molecule has 12 heavy (non-hydrogen) atoms. The highest BCUT2D eigenvalue weighted by atomic mass is 16.4. The highest BCUT2D eigenvalue weighted by Crippen LogP contribution is 2.03. The van der Waals surface area contributed by atoms with Crippen molar-refractivity contribution in [2.24, 2.45) is 0 Å². The van der Waals surface area contributed by atoms with Crippen molar-refractivity contribution in [3.63, 3.8) is 0 Å². The molecule has 0 saturated heterocycles. The minimum Gasteiger partial charge on any atom is -0.394 e. The van der Waals surface area contributed by atoms with Gasteiger partial charge in [-0.3, -0.25) is 0 Å². The van der Waals surface area contributed by atoms with Gasteiger partial charge in [0, 0.05) is 0 Å². The lowest BCUT2D eigenvalue weighted by molar-refractivity contribution is -0.103. The van der Waals surface area contributed by atoms with Gasteiger partial charge in [-0.1, -0.05) is 0 Å². The molecule has 0 spiro atoms. The zero-order chi connectivity index (χ0) is 9.72. The van der Waals surface area contributed by atoms with Crippen LogP contribution < -0.4 is 0 Å². The first kappa shape index (κ1) is 11.3. The normalized spacial score (nSPS) is 20.7. The first-order valence-corrected chi connectivity index (χ1v) is 3.27. The molecule has 0 aliphatic rings. The summed E-state index contributed by atoms with van der Waals surface area (Å²) in [6.45, 7) is -0.754. The number of aliphatic hydroxyl groups is 5. The van der Waals surface area contributed by atoms with Crippen molar-refractivity contribution < 1.29 is 25.5 Å². The van der Waals surface area contributed by atoms with Crippen LogP contribution in [-0.2, 0) is 0 Å². The third-order valence-corrected chi connectivity index (χ3v) is 1.39. The third kappa shape index (κ3) is 2.73. The van der Waals surface area contributed by atoms with Crippen LogP contribution in [0.5, 0.6) is 0 Å².